The highest BCUT2D eigenvalue weighted by Crippen LogP contribution is 2.28. The minimum atomic E-state index is -0.146. The molecule has 1 aliphatic rings. The van der Waals surface area contributed by atoms with Crippen molar-refractivity contribution < 1.29 is 19.1 Å². The molecule has 0 saturated carbocycles. The third-order valence-electron chi connectivity index (χ3n) is 3.07. The number of allylic oxidation sites excluding steroid dienone is 1. The number of cyclic esters (lactones) is 1. The first-order valence-electron chi connectivity index (χ1n) is 5.80. The molecule has 0 amide bonds. The Morgan fingerprint density at radius 1 is 1.29 bits per heavy atom. The number of hydrogen-bond donors (Lipinski definition) is 0. The Labute approximate surface area is 103 Å². The van der Waals surface area contributed by atoms with Crippen LogP contribution >= 0.6 is 0 Å². The SMILES string of the molecule is C=C1OC(=O)C(C)C1C.CC(C)C(C)OC=O. The molecule has 0 N–H and O–H groups in total. The molecular formula is C13H22O4. The number of carbonyl (C=O) groups is 2. The second-order valence-electron chi connectivity index (χ2n) is 4.65. The van der Waals surface area contributed by atoms with E-state index in [1.54, 1.807) is 0 Å². The number of carbonyl (C=O) groups excluding carboxylic acids is 2. The van der Waals surface area contributed by atoms with E-state index in [1.165, 1.54) is 0 Å². The standard InChI is InChI=1S/C7H10O2.C6H12O2/c1-4-5(2)7(8)9-6(4)3;1-5(2)6(3)8-4-7/h4-5H,3H2,1-2H3;4-6H,1-3H3. The monoisotopic (exact) mass is 242 g/mol. The summed E-state index contributed by atoms with van der Waals surface area (Å²) in [6, 6.07) is 0. The van der Waals surface area contributed by atoms with Crippen molar-refractivity contribution >= 4 is 12.4 Å². The van der Waals surface area contributed by atoms with Gasteiger partial charge in [-0.05, 0) is 12.8 Å². The van der Waals surface area contributed by atoms with Crippen LogP contribution < -0.4 is 0 Å². The van der Waals surface area contributed by atoms with E-state index in [-0.39, 0.29) is 23.9 Å². The van der Waals surface area contributed by atoms with E-state index in [0.717, 1.165) is 0 Å². The van der Waals surface area contributed by atoms with Gasteiger partial charge in [-0.2, -0.15) is 0 Å². The van der Waals surface area contributed by atoms with E-state index in [4.69, 9.17) is 4.74 Å². The lowest BCUT2D eigenvalue weighted by Crippen LogP contribution is -2.13. The predicted molar refractivity (Wildman–Crippen MR) is 65.0 cm³/mol. The number of esters is 1. The van der Waals surface area contributed by atoms with Crippen LogP contribution in [0.2, 0.25) is 0 Å². The van der Waals surface area contributed by atoms with E-state index < -0.39 is 0 Å². The van der Waals surface area contributed by atoms with Crippen LogP contribution in [0.25, 0.3) is 0 Å². The van der Waals surface area contributed by atoms with Crippen molar-refractivity contribution in [2.75, 3.05) is 0 Å². The predicted octanol–water partition coefficient (Wildman–Crippen LogP) is 2.53. The van der Waals surface area contributed by atoms with E-state index in [9.17, 15) is 9.59 Å². The Hall–Kier alpha value is -1.32. The summed E-state index contributed by atoms with van der Waals surface area (Å²) in [4.78, 5) is 20.4. The fourth-order valence-electron chi connectivity index (χ4n) is 1.04. The summed E-state index contributed by atoms with van der Waals surface area (Å²) in [5, 5.41) is 0. The van der Waals surface area contributed by atoms with Crippen LogP contribution in [0.3, 0.4) is 0 Å². The van der Waals surface area contributed by atoms with Gasteiger partial charge in [0.1, 0.15) is 11.9 Å². The molecule has 0 radical (unpaired) electrons. The first-order valence-corrected chi connectivity index (χ1v) is 5.80. The smallest absolute Gasteiger partial charge is 0.314 e. The minimum Gasteiger partial charge on any atom is -0.465 e. The third-order valence-corrected chi connectivity index (χ3v) is 3.07. The lowest BCUT2D eigenvalue weighted by Gasteiger charge is -2.11. The molecule has 0 aromatic carbocycles. The third kappa shape index (κ3) is 5.02. The Morgan fingerprint density at radius 3 is 1.94 bits per heavy atom. The van der Waals surface area contributed by atoms with E-state index >= 15 is 0 Å². The Morgan fingerprint density at radius 2 is 1.82 bits per heavy atom. The molecule has 3 atom stereocenters. The number of hydrogen-bond acceptors (Lipinski definition) is 4. The lowest BCUT2D eigenvalue weighted by molar-refractivity contribution is -0.138. The molecule has 0 aromatic rings. The molecule has 1 fully saturated rings. The highest BCUT2D eigenvalue weighted by Gasteiger charge is 2.32. The van der Waals surface area contributed by atoms with Crippen LogP contribution in [0.1, 0.15) is 34.6 Å². The van der Waals surface area contributed by atoms with Crippen molar-refractivity contribution in [2.45, 2.75) is 40.7 Å². The molecule has 4 nitrogen and oxygen atoms in total. The maximum Gasteiger partial charge on any atom is 0.314 e. The minimum absolute atomic E-state index is 0.00231. The van der Waals surface area contributed by atoms with Gasteiger partial charge in [0.05, 0.1) is 5.92 Å². The van der Waals surface area contributed by atoms with Gasteiger partial charge < -0.3 is 9.47 Å². The van der Waals surface area contributed by atoms with Gasteiger partial charge in [0.15, 0.2) is 0 Å². The summed E-state index contributed by atoms with van der Waals surface area (Å²) in [7, 11) is 0. The molecule has 3 unspecified atom stereocenters. The van der Waals surface area contributed by atoms with E-state index in [0.29, 0.717) is 18.1 Å². The molecule has 0 aliphatic carbocycles. The van der Waals surface area contributed by atoms with Gasteiger partial charge >= 0.3 is 5.97 Å². The highest BCUT2D eigenvalue weighted by atomic mass is 16.5. The molecular weight excluding hydrogens is 220 g/mol. The molecule has 1 aliphatic heterocycles. The van der Waals surface area contributed by atoms with Crippen LogP contribution in [0.15, 0.2) is 12.3 Å². The molecule has 0 bridgehead atoms. The summed E-state index contributed by atoms with van der Waals surface area (Å²) in [6.07, 6.45) is 0.0486. The zero-order valence-corrected chi connectivity index (χ0v) is 11.2. The molecule has 1 rings (SSSR count). The second-order valence-corrected chi connectivity index (χ2v) is 4.65. The van der Waals surface area contributed by atoms with Gasteiger partial charge in [0.25, 0.3) is 6.47 Å². The lowest BCUT2D eigenvalue weighted by atomic mass is 9.98. The number of ether oxygens (including phenoxy) is 2. The molecule has 1 heterocycles. The van der Waals surface area contributed by atoms with E-state index in [2.05, 4.69) is 11.3 Å². The Kier molecular flexibility index (Phi) is 6.54. The molecule has 4 heteroatoms. The van der Waals surface area contributed by atoms with Crippen LogP contribution in [0.5, 0.6) is 0 Å². The average Bonchev–Trinajstić information content (AvgIpc) is 2.47. The summed E-state index contributed by atoms with van der Waals surface area (Å²) in [5.41, 5.74) is 0. The van der Waals surface area contributed by atoms with Gasteiger partial charge in [-0.3, -0.25) is 9.59 Å². The van der Waals surface area contributed by atoms with Gasteiger partial charge in [-0.15, -0.1) is 0 Å². The zero-order valence-electron chi connectivity index (χ0n) is 11.2. The van der Waals surface area contributed by atoms with Crippen molar-refractivity contribution in [3.05, 3.63) is 12.3 Å². The molecule has 98 valence electrons. The van der Waals surface area contributed by atoms with Crippen LogP contribution in [0.4, 0.5) is 0 Å². The van der Waals surface area contributed by atoms with Crippen molar-refractivity contribution in [2.24, 2.45) is 17.8 Å². The fourth-order valence-corrected chi connectivity index (χ4v) is 1.04. The highest BCUT2D eigenvalue weighted by molar-refractivity contribution is 5.76. The normalized spacial score (nSPS) is 24.8. The summed E-state index contributed by atoms with van der Waals surface area (Å²) in [6.45, 7) is 13.8. The van der Waals surface area contributed by atoms with Crippen molar-refractivity contribution in [1.29, 1.82) is 0 Å². The fraction of sp³-hybridized carbons (Fsp3) is 0.692. The van der Waals surface area contributed by atoms with Crippen LogP contribution in [-0.2, 0) is 19.1 Å². The molecule has 1 saturated heterocycles. The van der Waals surface area contributed by atoms with Gasteiger partial charge in [-0.25, -0.2) is 0 Å². The molecule has 0 spiro atoms. The first kappa shape index (κ1) is 15.7. The number of rotatable bonds is 3. The second kappa shape index (κ2) is 7.09. The largest absolute Gasteiger partial charge is 0.465 e. The maximum atomic E-state index is 10.7. The molecule has 17 heavy (non-hydrogen) atoms. The first-order chi connectivity index (χ1) is 7.81. The van der Waals surface area contributed by atoms with Crippen molar-refractivity contribution in [1.82, 2.24) is 0 Å². The van der Waals surface area contributed by atoms with Crippen molar-refractivity contribution in [3.63, 3.8) is 0 Å². The average molecular weight is 242 g/mol. The summed E-state index contributed by atoms with van der Waals surface area (Å²) >= 11 is 0. The topological polar surface area (TPSA) is 52.6 Å². The summed E-state index contributed by atoms with van der Waals surface area (Å²) in [5.74, 6) is 1.06. The Balaban J connectivity index is 0.000000304. The van der Waals surface area contributed by atoms with Gasteiger partial charge in [0.2, 0.25) is 0 Å². The van der Waals surface area contributed by atoms with Crippen LogP contribution in [-0.4, -0.2) is 18.5 Å². The Bertz CT molecular complexity index is 265. The zero-order chi connectivity index (χ0) is 13.6. The van der Waals surface area contributed by atoms with Crippen molar-refractivity contribution in [3.8, 4) is 0 Å². The quantitative estimate of drug-likeness (QED) is 0.563. The van der Waals surface area contributed by atoms with Gasteiger partial charge in [-0.1, -0.05) is 34.3 Å². The maximum absolute atomic E-state index is 10.7. The van der Waals surface area contributed by atoms with Gasteiger partial charge in [0, 0.05) is 5.92 Å². The molecule has 0 aromatic heterocycles. The van der Waals surface area contributed by atoms with Crippen LogP contribution in [0, 0.1) is 17.8 Å². The summed E-state index contributed by atoms with van der Waals surface area (Å²) < 4.78 is 9.38. The van der Waals surface area contributed by atoms with E-state index in [1.807, 2.05) is 34.6 Å².